The molecule has 16 rings (SSSR count). The van der Waals surface area contributed by atoms with Gasteiger partial charge in [0.2, 0.25) is 23.8 Å². The quantitative estimate of drug-likeness (QED) is 0.158. The zero-order chi connectivity index (χ0) is 49.8. The minimum absolute atomic E-state index is 0.517. The maximum absolute atomic E-state index is 5.45. The second-order valence-corrected chi connectivity index (χ2v) is 19.1. The van der Waals surface area contributed by atoms with Gasteiger partial charge in [0.25, 0.3) is 0 Å². The Bertz CT molecular complexity index is 4560. The van der Waals surface area contributed by atoms with Gasteiger partial charge in [-0.25, -0.2) is 0 Å². The van der Waals surface area contributed by atoms with E-state index in [2.05, 4.69) is 261 Å². The largest absolute Gasteiger partial charge is 0.278 e. The summed E-state index contributed by atoms with van der Waals surface area (Å²) >= 11 is 0. The van der Waals surface area contributed by atoms with Gasteiger partial charge in [-0.2, -0.15) is 29.9 Å². The standard InChI is InChI=1S/C66H40N10/c1-2-31-52(62-69-65(75-57-36-15-7-27-48(57)49-28-8-16-37-58(49)75)72-66(70-62)76-59-38-17-9-29-50(59)51-30-10-18-39-60(51)76)43(22-1)41-20-19-21-42(40-41)61-67-63(73-53-32-11-3-23-44(53)45-24-4-12-33-54(45)73)71-64(68-61)74-55-34-13-5-25-46(55)47-26-6-14-35-56(47)74/h1-40H. The van der Waals surface area contributed by atoms with Crippen LogP contribution in [-0.4, -0.2) is 48.2 Å². The fourth-order valence-electron chi connectivity index (χ4n) is 11.7. The molecule has 0 aliphatic heterocycles. The summed E-state index contributed by atoms with van der Waals surface area (Å²) in [5, 5.41) is 8.98. The zero-order valence-electron chi connectivity index (χ0n) is 40.6. The van der Waals surface area contributed by atoms with Crippen LogP contribution in [-0.2, 0) is 0 Å². The molecule has 0 atom stereocenters. The molecule has 0 saturated carbocycles. The van der Waals surface area contributed by atoms with Gasteiger partial charge in [0.15, 0.2) is 11.6 Å². The maximum atomic E-state index is 5.45. The fraction of sp³-hybridized carbons (Fsp3) is 0. The van der Waals surface area contributed by atoms with Crippen molar-refractivity contribution in [1.29, 1.82) is 0 Å². The fourth-order valence-corrected chi connectivity index (χ4v) is 11.7. The number of nitrogens with zero attached hydrogens (tertiary/aromatic N) is 10. The molecule has 0 aliphatic carbocycles. The van der Waals surface area contributed by atoms with Crippen LogP contribution in [0.25, 0.3) is 145 Å². The van der Waals surface area contributed by atoms with Crippen molar-refractivity contribution < 1.29 is 0 Å². The molecule has 0 aliphatic rings. The van der Waals surface area contributed by atoms with Crippen molar-refractivity contribution in [2.75, 3.05) is 0 Å². The molecule has 10 nitrogen and oxygen atoms in total. The Labute approximate surface area is 433 Å². The first-order valence-corrected chi connectivity index (χ1v) is 25.4. The lowest BCUT2D eigenvalue weighted by Crippen LogP contribution is -2.10. The number of hydrogen-bond donors (Lipinski definition) is 0. The number of fused-ring (bicyclic) bond motifs is 12. The van der Waals surface area contributed by atoms with Crippen molar-refractivity contribution >= 4 is 87.2 Å². The summed E-state index contributed by atoms with van der Waals surface area (Å²) in [5.41, 5.74) is 11.6. The highest BCUT2D eigenvalue weighted by atomic mass is 15.3. The summed E-state index contributed by atoms with van der Waals surface area (Å²) in [4.78, 5) is 32.5. The predicted octanol–water partition coefficient (Wildman–Crippen LogP) is 15.4. The summed E-state index contributed by atoms with van der Waals surface area (Å²) in [6.07, 6.45) is 0. The third-order valence-electron chi connectivity index (χ3n) is 14.9. The van der Waals surface area contributed by atoms with Gasteiger partial charge in [0.05, 0.1) is 44.1 Å². The second kappa shape index (κ2) is 16.5. The molecule has 10 aromatic carbocycles. The highest BCUT2D eigenvalue weighted by Gasteiger charge is 2.24. The average molecular weight is 973 g/mol. The van der Waals surface area contributed by atoms with E-state index in [1.165, 1.54) is 0 Å². The van der Waals surface area contributed by atoms with Crippen LogP contribution >= 0.6 is 0 Å². The highest BCUT2D eigenvalue weighted by Crippen LogP contribution is 2.39. The van der Waals surface area contributed by atoms with Gasteiger partial charge in [-0.05, 0) is 65.7 Å². The van der Waals surface area contributed by atoms with Crippen LogP contribution in [0.3, 0.4) is 0 Å². The number of aromatic nitrogens is 10. The van der Waals surface area contributed by atoms with Crippen molar-refractivity contribution in [2.24, 2.45) is 0 Å². The molecule has 0 bridgehead atoms. The summed E-state index contributed by atoms with van der Waals surface area (Å²) in [6.45, 7) is 0. The topological polar surface area (TPSA) is 97.1 Å². The molecular formula is C66H40N10. The Morgan fingerprint density at radius 2 is 0.447 bits per heavy atom. The first-order chi connectivity index (χ1) is 37.7. The van der Waals surface area contributed by atoms with Gasteiger partial charge in [0, 0.05) is 54.2 Å². The zero-order valence-corrected chi connectivity index (χ0v) is 40.6. The van der Waals surface area contributed by atoms with Crippen molar-refractivity contribution in [3.63, 3.8) is 0 Å². The molecule has 6 aromatic heterocycles. The second-order valence-electron chi connectivity index (χ2n) is 19.1. The first kappa shape index (κ1) is 42.0. The molecule has 10 heteroatoms. The van der Waals surface area contributed by atoms with Gasteiger partial charge < -0.3 is 0 Å². The molecule has 0 radical (unpaired) electrons. The van der Waals surface area contributed by atoms with Gasteiger partial charge in [-0.3, -0.25) is 18.3 Å². The summed E-state index contributed by atoms with van der Waals surface area (Å²) in [6, 6.07) is 84.4. The van der Waals surface area contributed by atoms with E-state index < -0.39 is 0 Å². The molecule has 6 heterocycles. The Kier molecular flexibility index (Phi) is 9.10. The predicted molar refractivity (Wildman–Crippen MR) is 307 cm³/mol. The van der Waals surface area contributed by atoms with Crippen molar-refractivity contribution in [3.05, 3.63) is 243 Å². The SMILES string of the molecule is c1cc(-c2nc(-n3c4ccccc4c4ccccc43)nc(-n3c4ccccc4c4ccccc43)n2)cc(-c2ccccc2-c2nc(-n3c4ccccc4c4ccccc43)nc(-n3c4ccccc4c4ccccc43)n2)c1. The van der Waals surface area contributed by atoms with E-state index in [1.54, 1.807) is 0 Å². The van der Waals surface area contributed by atoms with Crippen LogP contribution < -0.4 is 0 Å². The van der Waals surface area contributed by atoms with Gasteiger partial charge in [-0.1, -0.05) is 188 Å². The third kappa shape index (κ3) is 6.28. The van der Waals surface area contributed by atoms with Crippen LogP contribution in [0.5, 0.6) is 0 Å². The van der Waals surface area contributed by atoms with Crippen LogP contribution in [0.4, 0.5) is 0 Å². The number of para-hydroxylation sites is 8. The molecule has 0 fully saturated rings. The molecule has 354 valence electrons. The van der Waals surface area contributed by atoms with E-state index in [0.29, 0.717) is 35.4 Å². The van der Waals surface area contributed by atoms with Gasteiger partial charge >= 0.3 is 0 Å². The van der Waals surface area contributed by atoms with Crippen molar-refractivity contribution in [2.45, 2.75) is 0 Å². The Balaban J connectivity index is 0.924. The van der Waals surface area contributed by atoms with E-state index in [9.17, 15) is 0 Å². The lowest BCUT2D eigenvalue weighted by Gasteiger charge is -2.15. The van der Waals surface area contributed by atoms with E-state index in [-0.39, 0.29) is 0 Å². The summed E-state index contributed by atoms with van der Waals surface area (Å²) in [5.74, 6) is 3.14. The van der Waals surface area contributed by atoms with Crippen LogP contribution in [0.2, 0.25) is 0 Å². The minimum Gasteiger partial charge on any atom is -0.278 e. The molecule has 0 unspecified atom stereocenters. The smallest absolute Gasteiger partial charge is 0.240 e. The molecule has 0 saturated heterocycles. The first-order valence-electron chi connectivity index (χ1n) is 25.4. The Morgan fingerprint density at radius 3 is 0.763 bits per heavy atom. The average Bonchev–Trinajstić information content (AvgIpc) is 4.26. The van der Waals surface area contributed by atoms with Crippen molar-refractivity contribution in [3.8, 4) is 57.7 Å². The van der Waals surface area contributed by atoms with Crippen LogP contribution in [0.1, 0.15) is 0 Å². The minimum atomic E-state index is 0.517. The van der Waals surface area contributed by atoms with Gasteiger partial charge in [-0.15, -0.1) is 0 Å². The monoisotopic (exact) mass is 972 g/mol. The Morgan fingerprint density at radius 1 is 0.197 bits per heavy atom. The summed E-state index contributed by atoms with van der Waals surface area (Å²) < 4.78 is 8.66. The summed E-state index contributed by atoms with van der Waals surface area (Å²) in [7, 11) is 0. The van der Waals surface area contributed by atoms with Crippen molar-refractivity contribution in [1.82, 2.24) is 48.2 Å². The molecule has 0 N–H and O–H groups in total. The molecule has 0 amide bonds. The normalized spacial score (nSPS) is 11.9. The van der Waals surface area contributed by atoms with Gasteiger partial charge in [0.1, 0.15) is 0 Å². The number of benzene rings is 10. The molecule has 16 aromatic rings. The number of rotatable bonds is 7. The third-order valence-corrected chi connectivity index (χ3v) is 14.9. The molecular weight excluding hydrogens is 933 g/mol. The highest BCUT2D eigenvalue weighted by molar-refractivity contribution is 6.12. The molecule has 0 spiro atoms. The lowest BCUT2D eigenvalue weighted by molar-refractivity contribution is 0.892. The van der Waals surface area contributed by atoms with E-state index in [4.69, 9.17) is 29.9 Å². The van der Waals surface area contributed by atoms with E-state index in [0.717, 1.165) is 109 Å². The van der Waals surface area contributed by atoms with E-state index >= 15 is 0 Å². The Hall–Kier alpha value is -10.6. The number of hydrogen-bond acceptors (Lipinski definition) is 6. The van der Waals surface area contributed by atoms with Crippen LogP contribution in [0, 0.1) is 0 Å². The lowest BCUT2D eigenvalue weighted by atomic mass is 9.97. The maximum Gasteiger partial charge on any atom is 0.240 e. The molecule has 76 heavy (non-hydrogen) atoms. The van der Waals surface area contributed by atoms with Crippen LogP contribution in [0.15, 0.2) is 243 Å². The van der Waals surface area contributed by atoms with E-state index in [1.807, 2.05) is 0 Å².